The molecule has 2 rings (SSSR count). The van der Waals surface area contributed by atoms with Crippen molar-refractivity contribution in [2.24, 2.45) is 5.73 Å². The van der Waals surface area contributed by atoms with Crippen molar-refractivity contribution in [3.63, 3.8) is 0 Å². The Kier molecular flexibility index (Phi) is 6.43. The predicted molar refractivity (Wildman–Crippen MR) is 85.2 cm³/mol. The summed E-state index contributed by atoms with van der Waals surface area (Å²) in [7, 11) is -3.26. The van der Waals surface area contributed by atoms with Crippen LogP contribution in [0.25, 0.3) is 0 Å². The molecule has 1 unspecified atom stereocenters. The number of hydrogen-bond donors (Lipinski definition) is 1. The predicted octanol–water partition coefficient (Wildman–Crippen LogP) is 0.462. The Morgan fingerprint density at radius 1 is 0.905 bits per heavy atom. The molecule has 2 fully saturated rings. The van der Waals surface area contributed by atoms with Gasteiger partial charge in [-0.3, -0.25) is 4.90 Å². The average molecular weight is 318 g/mol. The van der Waals surface area contributed by atoms with Gasteiger partial charge < -0.3 is 5.73 Å². The van der Waals surface area contributed by atoms with Crippen LogP contribution in [-0.4, -0.2) is 73.8 Å². The zero-order valence-electron chi connectivity index (χ0n) is 13.2. The summed E-state index contributed by atoms with van der Waals surface area (Å²) in [6.07, 6.45) is 5.30. The molecule has 2 saturated heterocycles. The van der Waals surface area contributed by atoms with Crippen LogP contribution in [0.2, 0.25) is 0 Å². The molecule has 124 valence electrons. The van der Waals surface area contributed by atoms with Gasteiger partial charge in [-0.1, -0.05) is 19.8 Å². The van der Waals surface area contributed by atoms with Crippen LogP contribution in [0.3, 0.4) is 0 Å². The molecular formula is C14H30N4O2S. The molecule has 0 radical (unpaired) electrons. The van der Waals surface area contributed by atoms with Crippen molar-refractivity contribution in [3.05, 3.63) is 0 Å². The van der Waals surface area contributed by atoms with E-state index in [4.69, 9.17) is 5.73 Å². The largest absolute Gasteiger partial charge is 0.329 e. The fraction of sp³-hybridized carbons (Fsp3) is 1.00. The van der Waals surface area contributed by atoms with Crippen LogP contribution in [-0.2, 0) is 10.2 Å². The van der Waals surface area contributed by atoms with E-state index in [1.807, 2.05) is 0 Å². The van der Waals surface area contributed by atoms with Crippen LogP contribution < -0.4 is 5.73 Å². The van der Waals surface area contributed by atoms with Crippen LogP contribution >= 0.6 is 0 Å². The topological polar surface area (TPSA) is 69.9 Å². The third kappa shape index (κ3) is 4.16. The quantitative estimate of drug-likeness (QED) is 0.800. The Hall–Kier alpha value is -0.210. The van der Waals surface area contributed by atoms with Crippen molar-refractivity contribution in [3.8, 4) is 0 Å². The Balaban J connectivity index is 1.93. The molecule has 0 aromatic heterocycles. The molecule has 7 heteroatoms. The lowest BCUT2D eigenvalue weighted by Crippen LogP contribution is -2.56. The standard InChI is InChI=1S/C14H30N4O2S/c1-2-14(13-15)16-9-11-18(12-10-16)21(19,20)17-7-5-3-4-6-8-17/h14H,2-13,15H2,1H3. The number of rotatable bonds is 5. The number of hydrogen-bond acceptors (Lipinski definition) is 4. The highest BCUT2D eigenvalue weighted by Gasteiger charge is 2.33. The summed E-state index contributed by atoms with van der Waals surface area (Å²) in [5.74, 6) is 0. The van der Waals surface area contributed by atoms with Crippen molar-refractivity contribution in [2.75, 3.05) is 45.8 Å². The molecule has 2 aliphatic rings. The molecule has 0 amide bonds. The Morgan fingerprint density at radius 3 is 1.90 bits per heavy atom. The molecule has 0 bridgehead atoms. The first-order valence-corrected chi connectivity index (χ1v) is 9.68. The monoisotopic (exact) mass is 318 g/mol. The molecule has 0 aromatic carbocycles. The van der Waals surface area contributed by atoms with Crippen molar-refractivity contribution in [1.29, 1.82) is 0 Å². The van der Waals surface area contributed by atoms with E-state index in [1.54, 1.807) is 8.61 Å². The summed E-state index contributed by atoms with van der Waals surface area (Å²) in [6, 6.07) is 0.382. The fourth-order valence-electron chi connectivity index (χ4n) is 3.31. The normalized spacial score (nSPS) is 25.6. The van der Waals surface area contributed by atoms with Gasteiger partial charge in [-0.05, 0) is 19.3 Å². The van der Waals surface area contributed by atoms with Crippen molar-refractivity contribution < 1.29 is 8.42 Å². The lowest BCUT2D eigenvalue weighted by Gasteiger charge is -2.39. The van der Waals surface area contributed by atoms with Gasteiger partial charge in [-0.15, -0.1) is 0 Å². The molecule has 1 atom stereocenters. The van der Waals surface area contributed by atoms with E-state index in [0.29, 0.717) is 38.8 Å². The summed E-state index contributed by atoms with van der Waals surface area (Å²) in [4.78, 5) is 2.33. The van der Waals surface area contributed by atoms with Gasteiger partial charge in [0.25, 0.3) is 10.2 Å². The molecule has 0 aliphatic carbocycles. The van der Waals surface area contributed by atoms with Gasteiger partial charge in [-0.2, -0.15) is 17.0 Å². The summed E-state index contributed by atoms with van der Waals surface area (Å²) in [5, 5.41) is 0. The van der Waals surface area contributed by atoms with Crippen LogP contribution in [0.5, 0.6) is 0 Å². The molecule has 6 nitrogen and oxygen atoms in total. The highest BCUT2D eigenvalue weighted by atomic mass is 32.2. The second-order valence-corrected chi connectivity index (χ2v) is 7.98. The van der Waals surface area contributed by atoms with Gasteiger partial charge in [0.15, 0.2) is 0 Å². The van der Waals surface area contributed by atoms with Crippen LogP contribution in [0.4, 0.5) is 0 Å². The second-order valence-electron chi connectivity index (χ2n) is 6.05. The van der Waals surface area contributed by atoms with E-state index in [1.165, 1.54) is 0 Å². The molecule has 2 aliphatic heterocycles. The van der Waals surface area contributed by atoms with Gasteiger partial charge in [0.2, 0.25) is 0 Å². The molecule has 21 heavy (non-hydrogen) atoms. The van der Waals surface area contributed by atoms with Gasteiger partial charge in [0.1, 0.15) is 0 Å². The maximum absolute atomic E-state index is 12.7. The van der Waals surface area contributed by atoms with Crippen molar-refractivity contribution in [1.82, 2.24) is 13.5 Å². The third-order valence-corrected chi connectivity index (χ3v) is 6.79. The highest BCUT2D eigenvalue weighted by Crippen LogP contribution is 2.18. The summed E-state index contributed by atoms with van der Waals surface area (Å²) >= 11 is 0. The Morgan fingerprint density at radius 2 is 1.43 bits per heavy atom. The molecule has 2 heterocycles. The first-order valence-electron chi connectivity index (χ1n) is 8.29. The Bertz CT molecular complexity index is 395. The number of piperazine rings is 1. The van der Waals surface area contributed by atoms with Crippen LogP contribution in [0, 0.1) is 0 Å². The van der Waals surface area contributed by atoms with E-state index in [9.17, 15) is 8.42 Å². The third-order valence-electron chi connectivity index (χ3n) is 4.75. The van der Waals surface area contributed by atoms with Gasteiger partial charge >= 0.3 is 0 Å². The number of nitrogens with two attached hydrogens (primary N) is 1. The van der Waals surface area contributed by atoms with E-state index in [2.05, 4.69) is 11.8 Å². The van der Waals surface area contributed by atoms with E-state index >= 15 is 0 Å². The van der Waals surface area contributed by atoms with E-state index in [-0.39, 0.29) is 0 Å². The molecule has 0 spiro atoms. The molecular weight excluding hydrogens is 288 g/mol. The highest BCUT2D eigenvalue weighted by molar-refractivity contribution is 7.86. The van der Waals surface area contributed by atoms with Crippen molar-refractivity contribution in [2.45, 2.75) is 45.1 Å². The molecule has 0 saturated carbocycles. The minimum atomic E-state index is -3.26. The molecule has 2 N–H and O–H groups in total. The van der Waals surface area contributed by atoms with Gasteiger partial charge in [-0.25, -0.2) is 0 Å². The van der Waals surface area contributed by atoms with E-state index < -0.39 is 10.2 Å². The minimum Gasteiger partial charge on any atom is -0.329 e. The molecule has 0 aromatic rings. The lowest BCUT2D eigenvalue weighted by molar-refractivity contribution is 0.133. The summed E-state index contributed by atoms with van der Waals surface area (Å²) in [6.45, 7) is 6.93. The van der Waals surface area contributed by atoms with Gasteiger partial charge in [0.05, 0.1) is 0 Å². The smallest absolute Gasteiger partial charge is 0.282 e. The minimum absolute atomic E-state index is 0.382. The number of nitrogens with zero attached hydrogens (tertiary/aromatic N) is 3. The summed E-state index contributed by atoms with van der Waals surface area (Å²) < 4.78 is 28.8. The maximum atomic E-state index is 12.7. The van der Waals surface area contributed by atoms with E-state index in [0.717, 1.165) is 45.2 Å². The first-order chi connectivity index (χ1) is 10.1. The maximum Gasteiger partial charge on any atom is 0.282 e. The summed E-state index contributed by atoms with van der Waals surface area (Å²) in [5.41, 5.74) is 5.79. The zero-order valence-corrected chi connectivity index (χ0v) is 14.0. The lowest BCUT2D eigenvalue weighted by atomic mass is 10.1. The SMILES string of the molecule is CCC(CN)N1CCN(S(=O)(=O)N2CCCCCC2)CC1. The second kappa shape index (κ2) is 7.87. The fourth-order valence-corrected chi connectivity index (χ4v) is 4.98. The van der Waals surface area contributed by atoms with Crippen molar-refractivity contribution >= 4 is 10.2 Å². The van der Waals surface area contributed by atoms with Crippen LogP contribution in [0.15, 0.2) is 0 Å². The first kappa shape index (κ1) is 17.1. The Labute approximate surface area is 129 Å². The average Bonchev–Trinajstić information content (AvgIpc) is 2.79. The zero-order chi connectivity index (χ0) is 15.3. The van der Waals surface area contributed by atoms with Gasteiger partial charge in [0, 0.05) is 51.9 Å². The van der Waals surface area contributed by atoms with Crippen LogP contribution in [0.1, 0.15) is 39.0 Å².